The summed E-state index contributed by atoms with van der Waals surface area (Å²) in [5.74, 6) is -0.584. The second kappa shape index (κ2) is 8.08. The first kappa shape index (κ1) is 15.9. The van der Waals surface area contributed by atoms with Gasteiger partial charge in [0, 0.05) is 17.9 Å². The Kier molecular flexibility index (Phi) is 6.75. The van der Waals surface area contributed by atoms with Crippen molar-refractivity contribution >= 4 is 39.1 Å². The highest BCUT2D eigenvalue weighted by atomic mass is 79.9. The third-order valence-electron chi connectivity index (χ3n) is 2.17. The van der Waals surface area contributed by atoms with Gasteiger partial charge < -0.3 is 10.1 Å². The number of hydrogen-bond donors (Lipinski definition) is 1. The number of halogens is 2. The first-order valence-electron chi connectivity index (χ1n) is 5.42. The Hall–Kier alpha value is -1.18. The van der Waals surface area contributed by atoms with Crippen LogP contribution in [0.1, 0.15) is 10.4 Å². The summed E-state index contributed by atoms with van der Waals surface area (Å²) in [5, 5.41) is 14.1. The summed E-state index contributed by atoms with van der Waals surface area (Å²) in [6.45, 7) is 1.12. The van der Waals surface area contributed by atoms with Crippen LogP contribution in [0.4, 0.5) is 5.69 Å². The van der Waals surface area contributed by atoms with Crippen LogP contribution < -0.4 is 5.32 Å². The summed E-state index contributed by atoms with van der Waals surface area (Å²) in [4.78, 5) is 22.1. The summed E-state index contributed by atoms with van der Waals surface area (Å²) >= 11 is 9.03. The van der Waals surface area contributed by atoms with E-state index >= 15 is 0 Å². The standard InChI is InChI=1S/C11H12BrClN2O4/c12-4-6-19-7-5-14-11(16)10-8(13)2-1-3-9(10)15(17)18/h1-3H,4-7H2,(H,14,16). The van der Waals surface area contributed by atoms with E-state index in [4.69, 9.17) is 16.3 Å². The van der Waals surface area contributed by atoms with Crippen molar-refractivity contribution < 1.29 is 14.5 Å². The maximum atomic E-state index is 11.9. The first-order valence-corrected chi connectivity index (χ1v) is 6.92. The second-order valence-corrected chi connectivity index (χ2v) is 4.65. The van der Waals surface area contributed by atoms with Gasteiger partial charge in [-0.3, -0.25) is 14.9 Å². The zero-order valence-corrected chi connectivity index (χ0v) is 12.2. The Morgan fingerprint density at radius 1 is 1.47 bits per heavy atom. The van der Waals surface area contributed by atoms with E-state index in [1.165, 1.54) is 18.2 Å². The summed E-state index contributed by atoms with van der Waals surface area (Å²) in [5.41, 5.74) is -0.443. The number of nitro groups is 1. The Morgan fingerprint density at radius 3 is 2.84 bits per heavy atom. The average Bonchev–Trinajstić information content (AvgIpc) is 2.37. The van der Waals surface area contributed by atoms with Crippen LogP contribution in [0.25, 0.3) is 0 Å². The van der Waals surface area contributed by atoms with Gasteiger partial charge in [0.1, 0.15) is 5.56 Å². The van der Waals surface area contributed by atoms with Crippen molar-refractivity contribution in [2.45, 2.75) is 0 Å². The molecule has 0 aliphatic rings. The molecule has 1 amide bonds. The fraction of sp³-hybridized carbons (Fsp3) is 0.364. The highest BCUT2D eigenvalue weighted by Gasteiger charge is 2.22. The maximum Gasteiger partial charge on any atom is 0.283 e. The molecule has 0 aliphatic heterocycles. The lowest BCUT2D eigenvalue weighted by atomic mass is 10.1. The monoisotopic (exact) mass is 350 g/mol. The molecule has 19 heavy (non-hydrogen) atoms. The van der Waals surface area contributed by atoms with Gasteiger partial charge in [-0.25, -0.2) is 0 Å². The van der Waals surface area contributed by atoms with E-state index in [9.17, 15) is 14.9 Å². The number of amides is 1. The molecule has 1 aromatic carbocycles. The quantitative estimate of drug-likeness (QED) is 0.354. The van der Waals surface area contributed by atoms with Crippen molar-refractivity contribution in [2.75, 3.05) is 25.1 Å². The van der Waals surface area contributed by atoms with E-state index in [1.54, 1.807) is 0 Å². The molecule has 0 radical (unpaired) electrons. The van der Waals surface area contributed by atoms with Gasteiger partial charge in [-0.05, 0) is 6.07 Å². The number of nitrogens with zero attached hydrogens (tertiary/aromatic N) is 1. The minimum absolute atomic E-state index is 0.0491. The largest absolute Gasteiger partial charge is 0.379 e. The molecule has 0 aromatic heterocycles. The molecule has 0 saturated heterocycles. The molecule has 104 valence electrons. The van der Waals surface area contributed by atoms with Crippen molar-refractivity contribution in [1.82, 2.24) is 5.32 Å². The van der Waals surface area contributed by atoms with Crippen LogP contribution in [-0.4, -0.2) is 35.9 Å². The minimum Gasteiger partial charge on any atom is -0.379 e. The Morgan fingerprint density at radius 2 is 2.21 bits per heavy atom. The molecule has 6 nitrogen and oxygen atoms in total. The van der Waals surface area contributed by atoms with Gasteiger partial charge in [0.25, 0.3) is 11.6 Å². The Balaban J connectivity index is 2.68. The van der Waals surface area contributed by atoms with Crippen LogP contribution in [0.2, 0.25) is 5.02 Å². The number of ether oxygens (including phenoxy) is 1. The zero-order chi connectivity index (χ0) is 14.3. The SMILES string of the molecule is O=C(NCCOCCBr)c1c(Cl)cccc1[N+](=O)[O-]. The molecule has 0 fully saturated rings. The summed E-state index contributed by atoms with van der Waals surface area (Å²) in [6, 6.07) is 4.10. The van der Waals surface area contributed by atoms with E-state index in [-0.39, 0.29) is 22.8 Å². The number of benzene rings is 1. The number of rotatable bonds is 7. The molecular weight excluding hydrogens is 339 g/mol. The normalized spacial score (nSPS) is 10.2. The topological polar surface area (TPSA) is 81.5 Å². The Labute approximate surface area is 123 Å². The maximum absolute atomic E-state index is 11.9. The van der Waals surface area contributed by atoms with Gasteiger partial charge >= 0.3 is 0 Å². The van der Waals surface area contributed by atoms with Crippen LogP contribution in [0.5, 0.6) is 0 Å². The summed E-state index contributed by atoms with van der Waals surface area (Å²) < 4.78 is 5.15. The number of nitrogens with one attached hydrogen (secondary N) is 1. The summed E-state index contributed by atoms with van der Waals surface area (Å²) in [6.07, 6.45) is 0. The first-order chi connectivity index (χ1) is 9.07. The molecule has 0 heterocycles. The number of carbonyl (C=O) groups is 1. The molecule has 0 unspecified atom stereocenters. The highest BCUT2D eigenvalue weighted by Crippen LogP contribution is 2.25. The van der Waals surface area contributed by atoms with Crippen molar-refractivity contribution in [3.05, 3.63) is 38.9 Å². The van der Waals surface area contributed by atoms with Crippen LogP contribution in [0.15, 0.2) is 18.2 Å². The van der Waals surface area contributed by atoms with E-state index in [0.717, 1.165) is 0 Å². The van der Waals surface area contributed by atoms with Gasteiger partial charge in [-0.2, -0.15) is 0 Å². The van der Waals surface area contributed by atoms with Crippen molar-refractivity contribution in [3.8, 4) is 0 Å². The molecular formula is C11H12BrClN2O4. The van der Waals surface area contributed by atoms with Crippen LogP contribution in [0.3, 0.4) is 0 Å². The van der Waals surface area contributed by atoms with E-state index in [0.29, 0.717) is 18.5 Å². The number of carbonyl (C=O) groups excluding carboxylic acids is 1. The lowest BCUT2D eigenvalue weighted by molar-refractivity contribution is -0.385. The smallest absolute Gasteiger partial charge is 0.283 e. The van der Waals surface area contributed by atoms with Crippen molar-refractivity contribution in [2.24, 2.45) is 0 Å². The molecule has 0 bridgehead atoms. The predicted octanol–water partition coefficient (Wildman–Crippen LogP) is 2.39. The lowest BCUT2D eigenvalue weighted by Gasteiger charge is -2.07. The molecule has 1 aromatic rings. The van der Waals surface area contributed by atoms with Gasteiger partial charge in [-0.1, -0.05) is 33.6 Å². The molecule has 0 aliphatic carbocycles. The average molecular weight is 352 g/mol. The molecule has 1 rings (SSSR count). The highest BCUT2D eigenvalue weighted by molar-refractivity contribution is 9.09. The van der Waals surface area contributed by atoms with Crippen LogP contribution >= 0.6 is 27.5 Å². The molecule has 0 atom stereocenters. The van der Waals surface area contributed by atoms with Gasteiger partial charge in [0.15, 0.2) is 0 Å². The summed E-state index contributed by atoms with van der Waals surface area (Å²) in [7, 11) is 0. The van der Waals surface area contributed by atoms with Crippen molar-refractivity contribution in [3.63, 3.8) is 0 Å². The fourth-order valence-corrected chi connectivity index (χ4v) is 1.86. The number of alkyl halides is 1. The molecule has 1 N–H and O–H groups in total. The minimum atomic E-state index is -0.637. The van der Waals surface area contributed by atoms with Gasteiger partial charge in [0.05, 0.1) is 23.2 Å². The molecule has 0 saturated carbocycles. The third-order valence-corrected chi connectivity index (χ3v) is 2.81. The van der Waals surface area contributed by atoms with Crippen molar-refractivity contribution in [1.29, 1.82) is 0 Å². The predicted molar refractivity (Wildman–Crippen MR) is 75.1 cm³/mol. The van der Waals surface area contributed by atoms with E-state index in [2.05, 4.69) is 21.2 Å². The van der Waals surface area contributed by atoms with Gasteiger partial charge in [-0.15, -0.1) is 0 Å². The van der Waals surface area contributed by atoms with Crippen LogP contribution in [-0.2, 0) is 4.74 Å². The van der Waals surface area contributed by atoms with E-state index in [1.807, 2.05) is 0 Å². The number of hydrogen-bond acceptors (Lipinski definition) is 4. The zero-order valence-electron chi connectivity index (χ0n) is 9.90. The second-order valence-electron chi connectivity index (χ2n) is 3.45. The van der Waals surface area contributed by atoms with E-state index < -0.39 is 10.8 Å². The van der Waals surface area contributed by atoms with Gasteiger partial charge in [0.2, 0.25) is 0 Å². The lowest BCUT2D eigenvalue weighted by Crippen LogP contribution is -2.28. The molecule has 0 spiro atoms. The Bertz CT molecular complexity index is 470. The number of nitro benzene ring substituents is 1. The van der Waals surface area contributed by atoms with Crippen LogP contribution in [0, 0.1) is 10.1 Å². The molecule has 8 heteroatoms. The third kappa shape index (κ3) is 4.77. The fourth-order valence-electron chi connectivity index (χ4n) is 1.37.